The van der Waals surface area contributed by atoms with E-state index in [9.17, 15) is 13.5 Å². The van der Waals surface area contributed by atoms with Gasteiger partial charge in [-0.05, 0) is 54.5 Å². The number of aromatic hydroxyl groups is 1. The maximum absolute atomic E-state index is 12.9. The molecule has 1 fully saturated rings. The van der Waals surface area contributed by atoms with Gasteiger partial charge >= 0.3 is 0 Å². The minimum atomic E-state index is -3.47. The third kappa shape index (κ3) is 4.79. The average molecular weight is 499 g/mol. The van der Waals surface area contributed by atoms with Gasteiger partial charge in [-0.25, -0.2) is 12.7 Å². The number of nitrogens with zero attached hydrogens (tertiary/aromatic N) is 1. The lowest BCUT2D eigenvalue weighted by atomic mass is 9.83. The van der Waals surface area contributed by atoms with E-state index in [4.69, 9.17) is 33.7 Å². The third-order valence-electron chi connectivity index (χ3n) is 6.58. The molecule has 2 atom stereocenters. The lowest BCUT2D eigenvalue weighted by Crippen LogP contribution is -2.44. The number of phenolic OH excluding ortho intramolecular Hbond substituents is 1. The standard InChI is InChI=1S/C23H28Cl2N2O4S/c1-14-2-4-17-18(23(14)28)11-21(31-22(17)12-26)16-6-8-27(9-7-16)32(29,30)13-15-3-5-19(24)20(25)10-15/h2-5,10,16,21-22,28H,6-9,11-13,26H2,1H3/t21-,22-/m0/s1. The van der Waals surface area contributed by atoms with Crippen molar-refractivity contribution in [2.24, 2.45) is 11.7 Å². The van der Waals surface area contributed by atoms with Crippen molar-refractivity contribution in [1.29, 1.82) is 0 Å². The zero-order valence-corrected chi connectivity index (χ0v) is 20.3. The number of phenols is 1. The third-order valence-corrected chi connectivity index (χ3v) is 9.17. The molecule has 6 nitrogen and oxygen atoms in total. The van der Waals surface area contributed by atoms with Crippen LogP contribution in [-0.2, 0) is 26.9 Å². The van der Waals surface area contributed by atoms with Crippen molar-refractivity contribution in [3.63, 3.8) is 0 Å². The van der Waals surface area contributed by atoms with Crippen LogP contribution >= 0.6 is 23.2 Å². The van der Waals surface area contributed by atoms with Gasteiger partial charge in [-0.2, -0.15) is 0 Å². The molecule has 4 rings (SSSR count). The Morgan fingerprint density at radius 3 is 2.53 bits per heavy atom. The predicted molar refractivity (Wildman–Crippen MR) is 127 cm³/mol. The molecule has 0 radical (unpaired) electrons. The number of sulfonamides is 1. The molecule has 1 saturated heterocycles. The van der Waals surface area contributed by atoms with Crippen LogP contribution in [0.15, 0.2) is 30.3 Å². The molecule has 0 unspecified atom stereocenters. The number of hydrogen-bond acceptors (Lipinski definition) is 5. The average Bonchev–Trinajstić information content (AvgIpc) is 2.78. The summed E-state index contributed by atoms with van der Waals surface area (Å²) in [6.45, 7) is 3.10. The van der Waals surface area contributed by atoms with Gasteiger partial charge in [0.2, 0.25) is 10.0 Å². The summed E-state index contributed by atoms with van der Waals surface area (Å²) in [7, 11) is -3.47. The predicted octanol–water partition coefficient (Wildman–Crippen LogP) is 4.19. The van der Waals surface area contributed by atoms with Crippen molar-refractivity contribution in [2.45, 2.75) is 44.1 Å². The van der Waals surface area contributed by atoms with Crippen LogP contribution in [0.5, 0.6) is 5.75 Å². The molecule has 2 aliphatic heterocycles. The largest absolute Gasteiger partial charge is 0.507 e. The quantitative estimate of drug-likeness (QED) is 0.644. The lowest BCUT2D eigenvalue weighted by molar-refractivity contribution is -0.0612. The minimum absolute atomic E-state index is 0.0938. The monoisotopic (exact) mass is 498 g/mol. The summed E-state index contributed by atoms with van der Waals surface area (Å²) in [6, 6.07) is 8.77. The Balaban J connectivity index is 1.43. The summed E-state index contributed by atoms with van der Waals surface area (Å²) in [6.07, 6.45) is 1.66. The second-order valence-corrected chi connectivity index (χ2v) is 11.4. The number of aryl methyl sites for hydroxylation is 1. The number of halogens is 2. The van der Waals surface area contributed by atoms with Gasteiger partial charge in [0.25, 0.3) is 0 Å². The molecule has 0 aromatic heterocycles. The van der Waals surface area contributed by atoms with Crippen molar-refractivity contribution in [2.75, 3.05) is 19.6 Å². The highest BCUT2D eigenvalue weighted by atomic mass is 35.5. The first-order chi connectivity index (χ1) is 15.2. The first kappa shape index (κ1) is 23.8. The molecule has 2 aliphatic rings. The van der Waals surface area contributed by atoms with Crippen LogP contribution < -0.4 is 5.73 Å². The van der Waals surface area contributed by atoms with Crippen molar-refractivity contribution < 1.29 is 18.3 Å². The number of fused-ring (bicyclic) bond motifs is 1. The topological polar surface area (TPSA) is 92.9 Å². The molecule has 32 heavy (non-hydrogen) atoms. The van der Waals surface area contributed by atoms with E-state index in [1.54, 1.807) is 22.5 Å². The summed E-state index contributed by atoms with van der Waals surface area (Å²) >= 11 is 12.0. The SMILES string of the molecule is Cc1ccc2c(c1O)C[C@@H](C1CCN(S(=O)(=O)Cc3ccc(Cl)c(Cl)c3)CC1)O[C@H]2CN. The lowest BCUT2D eigenvalue weighted by Gasteiger charge is -2.40. The van der Waals surface area contributed by atoms with Crippen LogP contribution in [0.25, 0.3) is 0 Å². The summed E-state index contributed by atoms with van der Waals surface area (Å²) in [5.41, 5.74) is 9.27. The first-order valence-electron chi connectivity index (χ1n) is 10.8. The zero-order valence-electron chi connectivity index (χ0n) is 17.9. The summed E-state index contributed by atoms with van der Waals surface area (Å²) in [5.74, 6) is 0.411. The fourth-order valence-electron chi connectivity index (χ4n) is 4.74. The maximum Gasteiger partial charge on any atom is 0.218 e. The normalized spacial score (nSPS) is 22.6. The number of ether oxygens (including phenoxy) is 1. The molecule has 9 heteroatoms. The van der Waals surface area contributed by atoms with Gasteiger partial charge in [0, 0.05) is 31.6 Å². The fourth-order valence-corrected chi connectivity index (χ4v) is 6.61. The fraction of sp³-hybridized carbons (Fsp3) is 0.478. The van der Waals surface area contributed by atoms with Gasteiger partial charge in [0.1, 0.15) is 5.75 Å². The Bertz CT molecular complexity index is 1100. The van der Waals surface area contributed by atoms with E-state index in [2.05, 4.69) is 0 Å². The number of piperidine rings is 1. The maximum atomic E-state index is 12.9. The van der Waals surface area contributed by atoms with Crippen LogP contribution in [0.3, 0.4) is 0 Å². The zero-order chi connectivity index (χ0) is 23.0. The van der Waals surface area contributed by atoms with E-state index < -0.39 is 10.0 Å². The van der Waals surface area contributed by atoms with Crippen molar-refractivity contribution in [1.82, 2.24) is 4.31 Å². The Labute approximate surface area is 199 Å². The number of nitrogens with two attached hydrogens (primary N) is 1. The van der Waals surface area contributed by atoms with Crippen molar-refractivity contribution in [3.05, 3.63) is 62.6 Å². The van der Waals surface area contributed by atoms with Crippen LogP contribution in [0.4, 0.5) is 0 Å². The Hall–Kier alpha value is -1.35. The molecule has 2 aromatic carbocycles. The van der Waals surface area contributed by atoms with Crippen LogP contribution in [0.2, 0.25) is 10.0 Å². The smallest absolute Gasteiger partial charge is 0.218 e. The van der Waals surface area contributed by atoms with E-state index in [0.717, 1.165) is 16.7 Å². The molecule has 0 amide bonds. The van der Waals surface area contributed by atoms with E-state index in [-0.39, 0.29) is 23.9 Å². The molecule has 3 N–H and O–H groups in total. The Kier molecular flexibility index (Phi) is 7.05. The second-order valence-electron chi connectivity index (χ2n) is 8.64. The molecule has 174 valence electrons. The Morgan fingerprint density at radius 2 is 1.88 bits per heavy atom. The van der Waals surface area contributed by atoms with Crippen molar-refractivity contribution >= 4 is 33.2 Å². The van der Waals surface area contributed by atoms with Crippen molar-refractivity contribution in [3.8, 4) is 5.75 Å². The van der Waals surface area contributed by atoms with Gasteiger partial charge in [-0.3, -0.25) is 0 Å². The van der Waals surface area contributed by atoms with Gasteiger partial charge in [0.15, 0.2) is 0 Å². The number of rotatable bonds is 5. The summed E-state index contributed by atoms with van der Waals surface area (Å²) < 4.78 is 33.7. The van der Waals surface area contributed by atoms with Gasteiger partial charge in [0.05, 0.1) is 28.0 Å². The van der Waals surface area contributed by atoms with Crippen LogP contribution in [0.1, 0.15) is 41.2 Å². The highest BCUT2D eigenvalue weighted by Gasteiger charge is 2.37. The summed E-state index contributed by atoms with van der Waals surface area (Å²) in [5, 5.41) is 11.3. The highest BCUT2D eigenvalue weighted by Crippen LogP contribution is 2.40. The molecule has 0 bridgehead atoms. The highest BCUT2D eigenvalue weighted by molar-refractivity contribution is 7.88. The van der Waals surface area contributed by atoms with E-state index >= 15 is 0 Å². The van der Waals surface area contributed by atoms with E-state index in [0.29, 0.717) is 60.3 Å². The van der Waals surface area contributed by atoms with E-state index in [1.807, 2.05) is 19.1 Å². The minimum Gasteiger partial charge on any atom is -0.507 e. The second kappa shape index (κ2) is 9.49. The molecule has 2 heterocycles. The van der Waals surface area contributed by atoms with Crippen LogP contribution in [-0.4, -0.2) is 43.6 Å². The molecule has 0 aliphatic carbocycles. The van der Waals surface area contributed by atoms with Gasteiger partial charge in [-0.15, -0.1) is 0 Å². The van der Waals surface area contributed by atoms with E-state index in [1.165, 1.54) is 0 Å². The summed E-state index contributed by atoms with van der Waals surface area (Å²) in [4.78, 5) is 0. The Morgan fingerprint density at radius 1 is 1.16 bits per heavy atom. The molecule has 0 saturated carbocycles. The molecule has 0 spiro atoms. The van der Waals surface area contributed by atoms with Gasteiger partial charge in [-0.1, -0.05) is 41.4 Å². The molecular formula is C23H28Cl2N2O4S. The first-order valence-corrected chi connectivity index (χ1v) is 13.1. The molecular weight excluding hydrogens is 471 g/mol. The number of benzene rings is 2. The molecule has 2 aromatic rings. The number of hydrogen-bond donors (Lipinski definition) is 2. The van der Waals surface area contributed by atoms with Crippen LogP contribution in [0, 0.1) is 12.8 Å². The van der Waals surface area contributed by atoms with Gasteiger partial charge < -0.3 is 15.6 Å².